The van der Waals surface area contributed by atoms with E-state index in [1.807, 2.05) is 0 Å². The summed E-state index contributed by atoms with van der Waals surface area (Å²) in [6, 6.07) is 5.11. The van der Waals surface area contributed by atoms with Crippen molar-refractivity contribution in [2.24, 2.45) is 5.92 Å². The van der Waals surface area contributed by atoms with Crippen LogP contribution in [0.3, 0.4) is 0 Å². The molecular weight excluding hydrogens is 228 g/mol. The van der Waals surface area contributed by atoms with E-state index in [0.29, 0.717) is 17.6 Å². The molecule has 1 unspecified atom stereocenters. The molecule has 1 aromatic carbocycles. The monoisotopic (exact) mass is 250 g/mol. The van der Waals surface area contributed by atoms with Crippen molar-refractivity contribution in [3.05, 3.63) is 23.8 Å². The van der Waals surface area contributed by atoms with E-state index in [0.717, 1.165) is 18.5 Å². The molecular formula is C14H22N2O2. The SMILES string of the molecule is CCC(CC)C(C)Nc1ccc(C(=O)O)cc1N. The average Bonchev–Trinajstić information content (AvgIpc) is 2.33. The summed E-state index contributed by atoms with van der Waals surface area (Å²) in [6.45, 7) is 6.47. The van der Waals surface area contributed by atoms with Crippen molar-refractivity contribution < 1.29 is 9.90 Å². The number of benzene rings is 1. The van der Waals surface area contributed by atoms with Crippen molar-refractivity contribution >= 4 is 17.3 Å². The molecule has 1 rings (SSSR count). The highest BCUT2D eigenvalue weighted by Crippen LogP contribution is 2.24. The Labute approximate surface area is 108 Å². The van der Waals surface area contributed by atoms with Crippen molar-refractivity contribution in [1.29, 1.82) is 0 Å². The molecule has 0 spiro atoms. The molecule has 0 aromatic heterocycles. The van der Waals surface area contributed by atoms with Crippen molar-refractivity contribution in [2.45, 2.75) is 39.7 Å². The number of rotatable bonds is 6. The predicted molar refractivity (Wildman–Crippen MR) is 75.0 cm³/mol. The lowest BCUT2D eigenvalue weighted by Crippen LogP contribution is -2.25. The van der Waals surface area contributed by atoms with Crippen LogP contribution in [0.15, 0.2) is 18.2 Å². The molecule has 0 amide bonds. The van der Waals surface area contributed by atoms with E-state index in [9.17, 15) is 4.79 Å². The van der Waals surface area contributed by atoms with Crippen LogP contribution in [0.25, 0.3) is 0 Å². The summed E-state index contributed by atoms with van der Waals surface area (Å²) in [7, 11) is 0. The Morgan fingerprint density at radius 1 is 1.39 bits per heavy atom. The molecule has 0 bridgehead atoms. The van der Waals surface area contributed by atoms with E-state index in [2.05, 4.69) is 26.1 Å². The molecule has 18 heavy (non-hydrogen) atoms. The molecule has 4 nitrogen and oxygen atoms in total. The fraction of sp³-hybridized carbons (Fsp3) is 0.500. The zero-order chi connectivity index (χ0) is 13.7. The number of anilines is 2. The first kappa shape index (κ1) is 14.4. The van der Waals surface area contributed by atoms with Crippen LogP contribution in [0.2, 0.25) is 0 Å². The first-order chi connectivity index (χ1) is 8.49. The lowest BCUT2D eigenvalue weighted by atomic mass is 9.95. The van der Waals surface area contributed by atoms with Crippen LogP contribution in [0, 0.1) is 5.92 Å². The largest absolute Gasteiger partial charge is 0.478 e. The number of nitrogen functional groups attached to an aromatic ring is 1. The summed E-state index contributed by atoms with van der Waals surface area (Å²) in [4.78, 5) is 10.8. The molecule has 1 aromatic rings. The number of hydrogen-bond acceptors (Lipinski definition) is 3. The normalized spacial score (nSPS) is 12.4. The van der Waals surface area contributed by atoms with Gasteiger partial charge >= 0.3 is 5.97 Å². The van der Waals surface area contributed by atoms with Gasteiger partial charge in [0, 0.05) is 6.04 Å². The van der Waals surface area contributed by atoms with Gasteiger partial charge in [-0.2, -0.15) is 0 Å². The molecule has 0 saturated heterocycles. The van der Waals surface area contributed by atoms with Gasteiger partial charge in [0.2, 0.25) is 0 Å². The number of nitrogens with one attached hydrogen (secondary N) is 1. The number of carbonyl (C=O) groups is 1. The van der Waals surface area contributed by atoms with Crippen LogP contribution < -0.4 is 11.1 Å². The zero-order valence-electron chi connectivity index (χ0n) is 11.2. The van der Waals surface area contributed by atoms with Gasteiger partial charge in [-0.25, -0.2) is 4.79 Å². The van der Waals surface area contributed by atoms with Crippen molar-refractivity contribution in [2.75, 3.05) is 11.1 Å². The molecule has 4 heteroatoms. The smallest absolute Gasteiger partial charge is 0.335 e. The Bertz CT molecular complexity index is 414. The van der Waals surface area contributed by atoms with Crippen molar-refractivity contribution in [3.8, 4) is 0 Å². The van der Waals surface area contributed by atoms with Gasteiger partial charge < -0.3 is 16.2 Å². The molecule has 0 fully saturated rings. The average molecular weight is 250 g/mol. The van der Waals surface area contributed by atoms with E-state index < -0.39 is 5.97 Å². The number of carboxylic acid groups (broad SMARTS) is 1. The number of nitrogens with two attached hydrogens (primary N) is 1. The summed E-state index contributed by atoms with van der Waals surface area (Å²) in [5.41, 5.74) is 7.36. The lowest BCUT2D eigenvalue weighted by molar-refractivity contribution is 0.0697. The maximum Gasteiger partial charge on any atom is 0.335 e. The second-order valence-corrected chi connectivity index (χ2v) is 4.62. The first-order valence-corrected chi connectivity index (χ1v) is 6.38. The standard InChI is InChI=1S/C14H22N2O2/c1-4-10(5-2)9(3)16-13-7-6-11(14(17)18)8-12(13)15/h6-10,16H,4-5,15H2,1-3H3,(H,17,18). The Balaban J connectivity index is 2.82. The quantitative estimate of drug-likeness (QED) is 0.678. The number of carboxylic acids is 1. The van der Waals surface area contributed by atoms with Gasteiger partial charge in [-0.05, 0) is 31.0 Å². The van der Waals surface area contributed by atoms with Crippen LogP contribution in [0.4, 0.5) is 11.4 Å². The van der Waals surface area contributed by atoms with Crippen LogP contribution >= 0.6 is 0 Å². The maximum absolute atomic E-state index is 10.8. The molecule has 0 aliphatic carbocycles. The number of hydrogen-bond donors (Lipinski definition) is 3. The van der Waals surface area contributed by atoms with Gasteiger partial charge in [0.25, 0.3) is 0 Å². The maximum atomic E-state index is 10.8. The molecule has 100 valence electrons. The van der Waals surface area contributed by atoms with Crippen molar-refractivity contribution in [3.63, 3.8) is 0 Å². The minimum Gasteiger partial charge on any atom is -0.478 e. The van der Waals surface area contributed by atoms with E-state index >= 15 is 0 Å². The van der Waals surface area contributed by atoms with Crippen LogP contribution in [-0.4, -0.2) is 17.1 Å². The lowest BCUT2D eigenvalue weighted by Gasteiger charge is -2.24. The van der Waals surface area contributed by atoms with E-state index in [4.69, 9.17) is 10.8 Å². The molecule has 1 atom stereocenters. The third kappa shape index (κ3) is 3.39. The van der Waals surface area contributed by atoms with Gasteiger partial charge in [-0.1, -0.05) is 26.7 Å². The summed E-state index contributed by atoms with van der Waals surface area (Å²) in [5.74, 6) is -0.371. The molecule has 0 heterocycles. The summed E-state index contributed by atoms with van der Waals surface area (Å²) in [6.07, 6.45) is 2.22. The summed E-state index contributed by atoms with van der Waals surface area (Å²) < 4.78 is 0. The molecule has 0 radical (unpaired) electrons. The molecule has 0 aliphatic heterocycles. The minimum absolute atomic E-state index is 0.216. The van der Waals surface area contributed by atoms with Crippen LogP contribution in [0.5, 0.6) is 0 Å². The second-order valence-electron chi connectivity index (χ2n) is 4.62. The Morgan fingerprint density at radius 2 is 2.00 bits per heavy atom. The third-order valence-electron chi connectivity index (χ3n) is 3.44. The van der Waals surface area contributed by atoms with Crippen molar-refractivity contribution in [1.82, 2.24) is 0 Å². The molecule has 0 saturated carbocycles. The highest BCUT2D eigenvalue weighted by atomic mass is 16.4. The van der Waals surface area contributed by atoms with E-state index in [1.165, 1.54) is 6.07 Å². The van der Waals surface area contributed by atoms with Gasteiger partial charge in [0.15, 0.2) is 0 Å². The molecule has 0 aliphatic rings. The first-order valence-electron chi connectivity index (χ1n) is 6.38. The van der Waals surface area contributed by atoms with E-state index in [-0.39, 0.29) is 5.56 Å². The van der Waals surface area contributed by atoms with E-state index in [1.54, 1.807) is 12.1 Å². The van der Waals surface area contributed by atoms with Gasteiger partial charge in [0.05, 0.1) is 16.9 Å². The van der Waals surface area contributed by atoms with Crippen LogP contribution in [0.1, 0.15) is 44.0 Å². The Hall–Kier alpha value is -1.71. The number of aromatic carboxylic acids is 1. The summed E-state index contributed by atoms with van der Waals surface area (Å²) >= 11 is 0. The zero-order valence-corrected chi connectivity index (χ0v) is 11.2. The highest BCUT2D eigenvalue weighted by Gasteiger charge is 2.14. The minimum atomic E-state index is -0.957. The second kappa shape index (κ2) is 6.28. The highest BCUT2D eigenvalue weighted by molar-refractivity contribution is 5.90. The van der Waals surface area contributed by atoms with Gasteiger partial charge in [-0.3, -0.25) is 0 Å². The Morgan fingerprint density at radius 3 is 2.44 bits per heavy atom. The van der Waals surface area contributed by atoms with Gasteiger partial charge in [-0.15, -0.1) is 0 Å². The summed E-state index contributed by atoms with van der Waals surface area (Å²) in [5, 5.41) is 12.2. The third-order valence-corrected chi connectivity index (χ3v) is 3.44. The topological polar surface area (TPSA) is 75.3 Å². The van der Waals surface area contributed by atoms with Crippen LogP contribution in [-0.2, 0) is 0 Å². The molecule has 4 N–H and O–H groups in total. The fourth-order valence-electron chi connectivity index (χ4n) is 2.19. The Kier molecular flexibility index (Phi) is 5.01. The fourth-order valence-corrected chi connectivity index (χ4v) is 2.19. The predicted octanol–water partition coefficient (Wildman–Crippen LogP) is 3.20. The van der Waals surface area contributed by atoms with Gasteiger partial charge in [0.1, 0.15) is 0 Å².